The number of carbonyl (C=O) groups excluding carboxylic acids is 1. The molecule has 1 aromatic carbocycles. The van der Waals surface area contributed by atoms with E-state index in [-0.39, 0.29) is 5.78 Å². The van der Waals surface area contributed by atoms with Gasteiger partial charge < -0.3 is 10.8 Å². The van der Waals surface area contributed by atoms with Gasteiger partial charge in [-0.15, -0.1) is 0 Å². The van der Waals surface area contributed by atoms with Crippen LogP contribution in [0, 0.1) is 0 Å². The zero-order chi connectivity index (χ0) is 15.9. The van der Waals surface area contributed by atoms with Gasteiger partial charge in [-0.25, -0.2) is 0 Å². The number of hydrogen-bond acceptors (Lipinski definition) is 3. The number of ketones is 1. The van der Waals surface area contributed by atoms with Crippen molar-refractivity contribution in [3.63, 3.8) is 0 Å². The molecule has 3 N–H and O–H groups in total. The Balaban J connectivity index is 2.74. The molecular weight excluding hydrogens is 262 g/mol. The minimum atomic E-state index is -0.567. The lowest BCUT2D eigenvalue weighted by Gasteiger charge is -2.27. The van der Waals surface area contributed by atoms with Crippen LogP contribution in [-0.2, 0) is 11.2 Å². The molecule has 0 spiro atoms. The van der Waals surface area contributed by atoms with Gasteiger partial charge in [0.1, 0.15) is 0 Å². The van der Waals surface area contributed by atoms with Gasteiger partial charge in [0.25, 0.3) is 0 Å². The van der Waals surface area contributed by atoms with E-state index in [0.29, 0.717) is 0 Å². The Kier molecular flexibility index (Phi) is 7.06. The number of rotatable bonds is 9. The Morgan fingerprint density at radius 3 is 2.38 bits per heavy atom. The monoisotopic (exact) mass is 291 g/mol. The Hall–Kier alpha value is -1.19. The molecule has 0 bridgehead atoms. The van der Waals surface area contributed by atoms with Crippen molar-refractivity contribution in [2.75, 3.05) is 0 Å². The number of nitrogens with two attached hydrogens (primary N) is 1. The Labute approximate surface area is 128 Å². The highest BCUT2D eigenvalue weighted by Gasteiger charge is 2.24. The van der Waals surface area contributed by atoms with Crippen LogP contribution in [-0.4, -0.2) is 16.5 Å². The average molecular weight is 291 g/mol. The van der Waals surface area contributed by atoms with E-state index in [0.717, 1.165) is 49.7 Å². The fourth-order valence-electron chi connectivity index (χ4n) is 2.86. The predicted octanol–water partition coefficient (Wildman–Crippen LogP) is 3.54. The molecule has 0 saturated heterocycles. The van der Waals surface area contributed by atoms with Crippen LogP contribution in [0.15, 0.2) is 24.3 Å². The predicted molar refractivity (Wildman–Crippen MR) is 87.1 cm³/mol. The zero-order valence-corrected chi connectivity index (χ0v) is 13.6. The Morgan fingerprint density at radius 1 is 1.24 bits per heavy atom. The van der Waals surface area contributed by atoms with Crippen molar-refractivity contribution in [2.24, 2.45) is 5.73 Å². The first-order valence-corrected chi connectivity index (χ1v) is 7.99. The van der Waals surface area contributed by atoms with Crippen molar-refractivity contribution >= 4 is 5.78 Å². The molecule has 0 radical (unpaired) electrons. The first kappa shape index (κ1) is 17.9. The van der Waals surface area contributed by atoms with Crippen LogP contribution in [0.4, 0.5) is 0 Å². The molecule has 1 rings (SSSR count). The molecule has 0 aliphatic carbocycles. The molecule has 0 saturated carbocycles. The van der Waals surface area contributed by atoms with Gasteiger partial charge >= 0.3 is 0 Å². The lowest BCUT2D eigenvalue weighted by atomic mass is 9.86. The smallest absolute Gasteiger partial charge is 0.150 e. The quantitative estimate of drug-likeness (QED) is 0.731. The van der Waals surface area contributed by atoms with Crippen LogP contribution >= 0.6 is 0 Å². The number of aryl methyl sites for hydroxylation is 1. The zero-order valence-electron chi connectivity index (χ0n) is 13.6. The molecule has 0 aliphatic heterocycles. The highest BCUT2D eigenvalue weighted by atomic mass is 16.3. The number of hydrogen-bond donors (Lipinski definition) is 2. The average Bonchev–Trinajstić information content (AvgIpc) is 2.45. The van der Waals surface area contributed by atoms with Crippen molar-refractivity contribution in [1.29, 1.82) is 0 Å². The van der Waals surface area contributed by atoms with Gasteiger partial charge in [0.2, 0.25) is 0 Å². The van der Waals surface area contributed by atoms with Crippen LogP contribution in [0.2, 0.25) is 0 Å². The largest absolute Gasteiger partial charge is 0.390 e. The lowest BCUT2D eigenvalue weighted by Crippen LogP contribution is -2.29. The minimum absolute atomic E-state index is 0.0272. The molecule has 0 amide bonds. The molecule has 0 aliphatic rings. The number of carbonyl (C=O) groups is 1. The third-order valence-electron chi connectivity index (χ3n) is 4.06. The first-order valence-electron chi connectivity index (χ1n) is 7.99. The van der Waals surface area contributed by atoms with Crippen molar-refractivity contribution in [3.8, 4) is 0 Å². The van der Waals surface area contributed by atoms with Crippen molar-refractivity contribution in [1.82, 2.24) is 0 Å². The highest BCUT2D eigenvalue weighted by Crippen LogP contribution is 2.26. The summed E-state index contributed by atoms with van der Waals surface area (Å²) in [5, 5.41) is 10.7. The number of benzene rings is 1. The maximum Gasteiger partial charge on any atom is 0.150 e. The molecule has 1 unspecified atom stereocenters. The maximum atomic E-state index is 11.4. The van der Waals surface area contributed by atoms with Gasteiger partial charge in [-0.3, -0.25) is 4.79 Å². The van der Waals surface area contributed by atoms with Gasteiger partial charge in [-0.1, -0.05) is 51.0 Å². The summed E-state index contributed by atoms with van der Waals surface area (Å²) < 4.78 is 0. The summed E-state index contributed by atoms with van der Waals surface area (Å²) in [5.41, 5.74) is 7.31. The Bertz CT molecular complexity index is 450. The van der Waals surface area contributed by atoms with E-state index in [1.54, 1.807) is 0 Å². The third kappa shape index (κ3) is 5.60. The van der Waals surface area contributed by atoms with E-state index >= 15 is 0 Å². The van der Waals surface area contributed by atoms with Crippen LogP contribution in [0.3, 0.4) is 0 Å². The molecule has 0 aromatic heterocycles. The van der Waals surface area contributed by atoms with Crippen LogP contribution < -0.4 is 5.73 Å². The summed E-state index contributed by atoms with van der Waals surface area (Å²) >= 11 is 0. The molecular formula is C18H29NO2. The van der Waals surface area contributed by atoms with E-state index < -0.39 is 11.6 Å². The number of aliphatic hydroxyl groups is 1. The molecule has 1 atom stereocenters. The van der Waals surface area contributed by atoms with Crippen LogP contribution in [0.25, 0.3) is 0 Å². The second-order valence-electron chi connectivity index (χ2n) is 6.06. The molecule has 0 fully saturated rings. The first-order chi connectivity index (χ1) is 9.91. The summed E-state index contributed by atoms with van der Waals surface area (Å²) in [4.78, 5) is 11.4. The van der Waals surface area contributed by atoms with Crippen molar-refractivity contribution < 1.29 is 9.90 Å². The van der Waals surface area contributed by atoms with Crippen LogP contribution in [0.5, 0.6) is 0 Å². The second-order valence-corrected chi connectivity index (χ2v) is 6.06. The van der Waals surface area contributed by atoms with Crippen molar-refractivity contribution in [3.05, 3.63) is 35.4 Å². The summed E-state index contributed by atoms with van der Waals surface area (Å²) in [5.74, 6) is -0.0272. The Morgan fingerprint density at radius 2 is 1.86 bits per heavy atom. The van der Waals surface area contributed by atoms with Gasteiger partial charge in [-0.2, -0.15) is 0 Å². The molecule has 1 aromatic rings. The summed E-state index contributed by atoms with van der Waals surface area (Å²) in [6.07, 6.45) is 5.24. The minimum Gasteiger partial charge on any atom is -0.390 e. The molecule has 3 heteroatoms. The van der Waals surface area contributed by atoms with Gasteiger partial charge in [-0.05, 0) is 43.7 Å². The van der Waals surface area contributed by atoms with E-state index in [4.69, 9.17) is 5.73 Å². The van der Waals surface area contributed by atoms with E-state index in [1.165, 1.54) is 6.92 Å². The lowest BCUT2D eigenvalue weighted by molar-refractivity contribution is -0.118. The fourth-order valence-corrected chi connectivity index (χ4v) is 2.86. The molecule has 118 valence electrons. The molecule has 0 heterocycles. The van der Waals surface area contributed by atoms with E-state index in [1.807, 2.05) is 24.3 Å². The van der Waals surface area contributed by atoms with E-state index in [9.17, 15) is 9.90 Å². The van der Waals surface area contributed by atoms with Crippen molar-refractivity contribution in [2.45, 2.75) is 70.9 Å². The standard InChI is InChI=1S/C18H29NO2/c1-4-10-18(21,11-5-2)12-9-15-7-6-8-16(13-15)17(19)14(3)20/h6-8,13,17,21H,4-5,9-12,19H2,1-3H3. The van der Waals surface area contributed by atoms with E-state index in [2.05, 4.69) is 13.8 Å². The second kappa shape index (κ2) is 8.30. The van der Waals surface area contributed by atoms with Gasteiger partial charge in [0.15, 0.2) is 5.78 Å². The molecule has 3 nitrogen and oxygen atoms in total. The summed E-state index contributed by atoms with van der Waals surface area (Å²) in [7, 11) is 0. The van der Waals surface area contributed by atoms with Crippen LogP contribution in [0.1, 0.15) is 70.0 Å². The maximum absolute atomic E-state index is 11.4. The highest BCUT2D eigenvalue weighted by molar-refractivity contribution is 5.82. The van der Waals surface area contributed by atoms with Gasteiger partial charge in [0.05, 0.1) is 11.6 Å². The third-order valence-corrected chi connectivity index (χ3v) is 4.06. The topological polar surface area (TPSA) is 63.3 Å². The fraction of sp³-hybridized carbons (Fsp3) is 0.611. The van der Waals surface area contributed by atoms with Gasteiger partial charge in [0, 0.05) is 0 Å². The summed E-state index contributed by atoms with van der Waals surface area (Å²) in [6, 6.07) is 7.31. The molecule has 21 heavy (non-hydrogen) atoms. The SMILES string of the molecule is CCCC(O)(CCC)CCc1cccc(C(N)C(C)=O)c1. The number of Topliss-reactive ketones (excluding diaryl/α,β-unsaturated/α-hetero) is 1. The summed E-state index contributed by atoms with van der Waals surface area (Å²) in [6.45, 7) is 5.72. The normalized spacial score (nSPS) is 13.2.